The molecule has 6 nitrogen and oxygen atoms in total. The minimum atomic E-state index is -1.88. The normalized spacial score (nSPS) is 13.5. The van der Waals surface area contributed by atoms with Crippen molar-refractivity contribution in [3.8, 4) is 0 Å². The van der Waals surface area contributed by atoms with Crippen molar-refractivity contribution in [1.29, 1.82) is 0 Å². The summed E-state index contributed by atoms with van der Waals surface area (Å²) in [6, 6.07) is 55.9. The molecule has 108 heavy (non-hydrogen) atoms. The molecule has 3 aliphatic heterocycles. The molecule has 15 heteroatoms. The van der Waals surface area contributed by atoms with Crippen LogP contribution in [0, 0.1) is 167 Å². The molecule has 0 spiro atoms. The first-order chi connectivity index (χ1) is 49.8. The van der Waals surface area contributed by atoms with Gasteiger partial charge in [0.2, 0.25) is 0 Å². The summed E-state index contributed by atoms with van der Waals surface area (Å²) >= 11 is -5.01. The molecule has 3 heterocycles. The van der Waals surface area contributed by atoms with Crippen molar-refractivity contribution in [2.75, 3.05) is 68.7 Å². The van der Waals surface area contributed by atoms with Crippen LogP contribution in [0.3, 0.4) is 0 Å². The van der Waals surface area contributed by atoms with Crippen LogP contribution in [0.1, 0.15) is 136 Å². The van der Waals surface area contributed by atoms with Gasteiger partial charge in [0.1, 0.15) is 0 Å². The van der Waals surface area contributed by atoms with E-state index in [-0.39, 0.29) is 22.3 Å². The first-order valence-electron chi connectivity index (χ1n) is 35.5. The Labute approximate surface area is 692 Å². The van der Waals surface area contributed by atoms with Crippen molar-refractivity contribution in [2.45, 2.75) is 138 Å². The molecule has 13 rings (SSSR count). The fourth-order valence-electron chi connectivity index (χ4n) is 15.2. The van der Waals surface area contributed by atoms with Gasteiger partial charge in [0.15, 0.2) is 0 Å². The topological polar surface area (TPSA) is 19.4 Å². The van der Waals surface area contributed by atoms with Gasteiger partial charge < -0.3 is 51.7 Å². The summed E-state index contributed by atoms with van der Waals surface area (Å²) in [5.41, 5.74) is 39.7. The van der Waals surface area contributed by atoms with E-state index in [1.807, 2.05) is 83.7 Å². The van der Waals surface area contributed by atoms with Gasteiger partial charge in [-0.15, -0.1) is 0 Å². The molecule has 0 bridgehead atoms. The summed E-state index contributed by atoms with van der Waals surface area (Å²) in [5.74, 6) is 0. The number of fused-ring (bicyclic) bond motifs is 1. The van der Waals surface area contributed by atoms with E-state index < -0.39 is 40.6 Å². The number of anilines is 6. The van der Waals surface area contributed by atoms with Gasteiger partial charge in [0.05, 0.1) is 0 Å². The van der Waals surface area contributed by atoms with E-state index in [4.69, 9.17) is 58.1 Å². The van der Waals surface area contributed by atoms with Crippen molar-refractivity contribution in [3.63, 3.8) is 0 Å². The van der Waals surface area contributed by atoms with E-state index in [2.05, 4.69) is 283 Å². The Morgan fingerprint density at radius 2 is 0.565 bits per heavy atom. The standard InChI is InChI=1S/3C21H27N2.C15H10.C7H6.C5H8.3CH3.6ClH.3Ru/c3*1-14-9-16(3)20(17(4)10-14)22-7-8-23(13-22)21-18(5)11-15(2)12-19(21)6;1-2-6-12(7-3-1)15-11-10-13-8-4-5-9-14(13)15;1-7-5-3-2-4-6-7;1-4-5(2)3;;;;;;;;;;;;/h3*9-13H,7-8H2,1-6H3;1-9,11H;1-6H;1,4H,2-3H3;3*1H3;6*1H;;;/q3*-1;;;;3*-1;;;;;;;3*+2/p-6. The summed E-state index contributed by atoms with van der Waals surface area (Å²) in [5, 5.41) is 0. The molecule has 9 aromatic carbocycles. The number of benzene rings is 9. The Morgan fingerprint density at radius 3 is 0.787 bits per heavy atom. The molecule has 0 N–H and O–H groups in total. The molecule has 0 amide bonds. The Hall–Kier alpha value is -5.52. The number of hydrogen-bond donors (Lipinski definition) is 0. The number of allylic oxidation sites excluding steroid dienone is 3. The minimum absolute atomic E-state index is 0. The van der Waals surface area contributed by atoms with Gasteiger partial charge in [-0.1, -0.05) is 106 Å². The zero-order valence-electron chi connectivity index (χ0n) is 67.8. The Kier molecular flexibility index (Phi) is 37.5. The summed E-state index contributed by atoms with van der Waals surface area (Å²) < 4.78 is 4.92. The first-order valence-corrected chi connectivity index (χ1v) is 51.8. The zero-order chi connectivity index (χ0) is 76.7. The number of nitrogens with zero attached hydrogens (tertiary/aromatic N) is 6. The summed E-state index contributed by atoms with van der Waals surface area (Å²) in [6.07, 6.45) is 4.11. The quantitative estimate of drug-likeness (QED) is 0.105. The molecule has 588 valence electrons. The van der Waals surface area contributed by atoms with Gasteiger partial charge in [-0.05, 0) is 191 Å². The van der Waals surface area contributed by atoms with Gasteiger partial charge in [-0.3, -0.25) is 0 Å². The van der Waals surface area contributed by atoms with Crippen LogP contribution in [-0.4, -0.2) is 52.6 Å². The maximum atomic E-state index is 6.19. The molecular formula is C93H114Cl6N6Ru3-6. The third kappa shape index (κ3) is 25.5. The van der Waals surface area contributed by atoms with Crippen LogP contribution >= 0.6 is 58.1 Å². The number of hydrogen-bond acceptors (Lipinski definition) is 6. The summed E-state index contributed by atoms with van der Waals surface area (Å²) in [4.78, 5) is 14.4. The van der Waals surface area contributed by atoms with Crippen LogP contribution in [0.5, 0.6) is 0 Å². The van der Waals surface area contributed by atoms with Crippen molar-refractivity contribution < 1.29 is 40.6 Å². The first kappa shape index (κ1) is 93.1. The predicted octanol–water partition coefficient (Wildman–Crippen LogP) is 26.3. The van der Waals surface area contributed by atoms with E-state index in [9.17, 15) is 0 Å². The second-order valence-corrected chi connectivity index (χ2v) is 45.6. The summed E-state index contributed by atoms with van der Waals surface area (Å²) in [7, 11) is 34.8. The third-order valence-corrected chi connectivity index (χ3v) is 25.3. The van der Waals surface area contributed by atoms with E-state index in [0.717, 1.165) is 48.9 Å². The summed E-state index contributed by atoms with van der Waals surface area (Å²) in [6.45, 7) is 56.7. The molecule has 0 aromatic heterocycles. The average molecular weight is 1830 g/mol. The second-order valence-electron chi connectivity index (χ2n) is 28.3. The molecule has 0 unspecified atom stereocenters. The van der Waals surface area contributed by atoms with Gasteiger partial charge in [0.25, 0.3) is 0 Å². The van der Waals surface area contributed by atoms with Gasteiger partial charge in [-0.25, -0.2) is 0 Å². The molecule has 1 aliphatic carbocycles. The van der Waals surface area contributed by atoms with E-state index in [1.54, 1.807) is 0 Å². The predicted molar refractivity (Wildman–Crippen MR) is 476 cm³/mol. The molecule has 0 saturated carbocycles. The maximum absolute atomic E-state index is 6.19. The second kappa shape index (κ2) is 43.5. The fraction of sp³-hybridized carbons (Fsp3) is 0.280. The molecule has 4 aliphatic rings. The van der Waals surface area contributed by atoms with Gasteiger partial charge >= 0.3 is 256 Å². The Bertz CT molecular complexity index is 4050. The van der Waals surface area contributed by atoms with E-state index >= 15 is 0 Å². The molecule has 3 fully saturated rings. The van der Waals surface area contributed by atoms with Crippen molar-refractivity contribution >= 4 is 111 Å². The van der Waals surface area contributed by atoms with E-state index in [0.29, 0.717) is 0 Å². The number of rotatable bonds is 9. The zero-order valence-corrected chi connectivity index (χ0v) is 77.6. The van der Waals surface area contributed by atoms with Gasteiger partial charge in [-0.2, -0.15) is 20.0 Å². The SMILES string of the molecule is CC(C)=C[CH]=[Ru]([Cl])[Cl].Cc1cc(C)c(N2[CH-]N(c3c(C)cc(C)cc3C)CC2)c(C)c1.Cc1cc(C)c(N2[CH-]N(c3c(C)cc(C)cc3C)CC2)c(C)c1.Cc1cc(C)c(N2[CH-]N(c3c(C)cc(C)cc3C)CC2)c(C)c1.[CH3-].[CH3-].[CH3-].[Cl][Ru]([Cl])=[CH]c1ccccc1.[Cl][Ru]([Cl])=[C]1C=C(c2ccccc2)c2ccccc21. The average Bonchev–Trinajstić information content (AvgIpc) is 1.59. The third-order valence-electron chi connectivity index (χ3n) is 18.6. The number of aryl methyl sites for hydroxylation is 18. The number of halogens is 6. The van der Waals surface area contributed by atoms with Crippen LogP contribution in [0.25, 0.3) is 5.57 Å². The van der Waals surface area contributed by atoms with E-state index in [1.165, 1.54) is 162 Å². The van der Waals surface area contributed by atoms with Crippen molar-refractivity contribution in [2.24, 2.45) is 0 Å². The molecular weight excluding hydrogens is 1720 g/mol. The molecule has 0 atom stereocenters. The monoisotopic (exact) mass is 1830 g/mol. The molecule has 3 saturated heterocycles. The van der Waals surface area contributed by atoms with Crippen LogP contribution in [0.2, 0.25) is 0 Å². The van der Waals surface area contributed by atoms with Gasteiger partial charge in [0, 0.05) is 73.4 Å². The molecule has 9 aromatic rings. The van der Waals surface area contributed by atoms with Crippen LogP contribution < -0.4 is 29.4 Å². The Morgan fingerprint density at radius 1 is 0.324 bits per heavy atom. The fourth-order valence-corrected chi connectivity index (χ4v) is 20.8. The van der Waals surface area contributed by atoms with Crippen LogP contribution in [-0.2, 0) is 40.6 Å². The Balaban J connectivity index is 0.000000238. The van der Waals surface area contributed by atoms with Crippen molar-refractivity contribution in [3.05, 3.63) is 340 Å². The molecule has 0 radical (unpaired) electrons. The van der Waals surface area contributed by atoms with Crippen molar-refractivity contribution in [1.82, 2.24) is 0 Å². The van der Waals surface area contributed by atoms with Crippen LogP contribution in [0.15, 0.2) is 175 Å². The van der Waals surface area contributed by atoms with Crippen LogP contribution in [0.4, 0.5) is 34.1 Å².